The number of hydrogen-bond acceptors (Lipinski definition) is 2. The molecule has 1 aliphatic rings. The number of rotatable bonds is 7. The largest absolute Gasteiger partial charge is 0.478 e. The van der Waals surface area contributed by atoms with E-state index < -0.39 is 11.9 Å². The average molecular weight is 274 g/mol. The highest BCUT2D eigenvalue weighted by atomic mass is 35.5. The van der Waals surface area contributed by atoms with Crippen molar-refractivity contribution in [3.63, 3.8) is 0 Å². The molecule has 1 aliphatic carbocycles. The highest BCUT2D eigenvalue weighted by Crippen LogP contribution is 2.46. The first kappa shape index (κ1) is 15.0. The molecule has 2 N–H and O–H groups in total. The van der Waals surface area contributed by atoms with Crippen molar-refractivity contribution in [3.05, 3.63) is 11.6 Å². The SMILES string of the molecule is CCCC/C=C(\C(=O)O)C(=O)N[C@H]1CC1(C)CCl. The van der Waals surface area contributed by atoms with Crippen molar-refractivity contribution in [1.82, 2.24) is 5.32 Å². The number of carbonyl (C=O) groups is 2. The summed E-state index contributed by atoms with van der Waals surface area (Å²) in [4.78, 5) is 22.8. The van der Waals surface area contributed by atoms with E-state index in [0.717, 1.165) is 19.3 Å². The van der Waals surface area contributed by atoms with Crippen molar-refractivity contribution >= 4 is 23.5 Å². The van der Waals surface area contributed by atoms with Gasteiger partial charge in [0, 0.05) is 17.3 Å². The van der Waals surface area contributed by atoms with Crippen molar-refractivity contribution in [2.45, 2.75) is 45.6 Å². The van der Waals surface area contributed by atoms with Crippen LogP contribution in [0.3, 0.4) is 0 Å². The molecule has 0 aromatic carbocycles. The maximum Gasteiger partial charge on any atom is 0.340 e. The minimum absolute atomic E-state index is 0.00331. The Morgan fingerprint density at radius 3 is 2.67 bits per heavy atom. The van der Waals surface area contributed by atoms with Gasteiger partial charge in [0.05, 0.1) is 0 Å². The maximum absolute atomic E-state index is 11.8. The predicted molar refractivity (Wildman–Crippen MR) is 70.6 cm³/mol. The van der Waals surface area contributed by atoms with Gasteiger partial charge in [0.1, 0.15) is 5.57 Å². The number of hydrogen-bond donors (Lipinski definition) is 2. The zero-order chi connectivity index (χ0) is 13.8. The second-order valence-electron chi connectivity index (χ2n) is 5.08. The van der Waals surface area contributed by atoms with Crippen LogP contribution < -0.4 is 5.32 Å². The molecule has 0 aromatic rings. The molecule has 1 amide bonds. The maximum atomic E-state index is 11.8. The second-order valence-corrected chi connectivity index (χ2v) is 5.35. The van der Waals surface area contributed by atoms with Crippen LogP contribution in [0.4, 0.5) is 0 Å². The van der Waals surface area contributed by atoms with Gasteiger partial charge >= 0.3 is 5.97 Å². The number of alkyl halides is 1. The Labute approximate surface area is 112 Å². The van der Waals surface area contributed by atoms with Crippen LogP contribution in [0.1, 0.15) is 39.5 Å². The fourth-order valence-corrected chi connectivity index (χ4v) is 2.04. The summed E-state index contributed by atoms with van der Waals surface area (Å²) >= 11 is 5.78. The number of allylic oxidation sites excluding steroid dienone is 1. The molecule has 0 aliphatic heterocycles. The van der Waals surface area contributed by atoms with E-state index in [-0.39, 0.29) is 17.0 Å². The average Bonchev–Trinajstić information content (AvgIpc) is 2.95. The molecule has 1 unspecified atom stereocenters. The molecule has 1 rings (SSSR count). The Balaban J connectivity index is 2.56. The van der Waals surface area contributed by atoms with Crippen LogP contribution in [0, 0.1) is 5.41 Å². The molecule has 1 saturated carbocycles. The topological polar surface area (TPSA) is 66.4 Å². The van der Waals surface area contributed by atoms with Crippen LogP contribution in [0.2, 0.25) is 0 Å². The lowest BCUT2D eigenvalue weighted by atomic mass is 10.1. The van der Waals surface area contributed by atoms with Crippen molar-refractivity contribution in [3.8, 4) is 0 Å². The first-order valence-electron chi connectivity index (χ1n) is 6.25. The number of nitrogens with one attached hydrogen (secondary N) is 1. The first-order chi connectivity index (χ1) is 8.44. The Bertz CT molecular complexity index is 367. The van der Waals surface area contributed by atoms with E-state index in [1.165, 1.54) is 6.08 Å². The van der Waals surface area contributed by atoms with Crippen LogP contribution in [0.15, 0.2) is 11.6 Å². The zero-order valence-corrected chi connectivity index (χ0v) is 11.6. The predicted octanol–water partition coefficient (Wildman–Crippen LogP) is 2.32. The van der Waals surface area contributed by atoms with E-state index in [9.17, 15) is 9.59 Å². The van der Waals surface area contributed by atoms with Gasteiger partial charge < -0.3 is 10.4 Å². The van der Waals surface area contributed by atoms with Crippen molar-refractivity contribution in [2.75, 3.05) is 5.88 Å². The van der Waals surface area contributed by atoms with Gasteiger partial charge in [-0.15, -0.1) is 11.6 Å². The van der Waals surface area contributed by atoms with E-state index in [1.807, 2.05) is 13.8 Å². The van der Waals surface area contributed by atoms with Gasteiger partial charge in [-0.25, -0.2) is 4.79 Å². The Kier molecular flexibility index (Phi) is 5.20. The van der Waals surface area contributed by atoms with Crippen molar-refractivity contribution in [2.24, 2.45) is 5.41 Å². The number of carbonyl (C=O) groups excluding carboxylic acids is 1. The Hall–Kier alpha value is -1.03. The van der Waals surface area contributed by atoms with Crippen LogP contribution in [-0.2, 0) is 9.59 Å². The van der Waals surface area contributed by atoms with Gasteiger partial charge in [-0.3, -0.25) is 4.79 Å². The summed E-state index contributed by atoms with van der Waals surface area (Å²) in [5.41, 5.74) is -0.239. The molecule has 4 nitrogen and oxygen atoms in total. The molecule has 5 heteroatoms. The lowest BCUT2D eigenvalue weighted by Gasteiger charge is -2.09. The summed E-state index contributed by atoms with van der Waals surface area (Å²) in [6, 6.07) is -0.00331. The molecule has 0 heterocycles. The lowest BCUT2D eigenvalue weighted by Crippen LogP contribution is -2.33. The fraction of sp³-hybridized carbons (Fsp3) is 0.692. The number of halogens is 1. The van der Waals surface area contributed by atoms with Crippen LogP contribution in [0.5, 0.6) is 0 Å². The normalized spacial score (nSPS) is 26.8. The summed E-state index contributed by atoms with van der Waals surface area (Å²) in [5.74, 6) is -1.20. The van der Waals surface area contributed by atoms with Gasteiger partial charge in [-0.1, -0.05) is 32.8 Å². The van der Waals surface area contributed by atoms with Gasteiger partial charge in [0.25, 0.3) is 5.91 Å². The number of carboxylic acid groups (broad SMARTS) is 1. The van der Waals surface area contributed by atoms with E-state index in [0.29, 0.717) is 12.3 Å². The minimum atomic E-state index is -1.17. The van der Waals surface area contributed by atoms with Gasteiger partial charge in [-0.05, 0) is 12.8 Å². The molecule has 102 valence electrons. The second kappa shape index (κ2) is 6.23. The van der Waals surface area contributed by atoms with Crippen LogP contribution >= 0.6 is 11.6 Å². The first-order valence-corrected chi connectivity index (χ1v) is 6.78. The molecule has 0 saturated heterocycles. The molecular weight excluding hydrogens is 254 g/mol. The van der Waals surface area contributed by atoms with E-state index >= 15 is 0 Å². The summed E-state index contributed by atoms with van der Waals surface area (Å²) in [7, 11) is 0. The third-order valence-electron chi connectivity index (χ3n) is 3.34. The van der Waals surface area contributed by atoms with Crippen LogP contribution in [0.25, 0.3) is 0 Å². The molecule has 1 fully saturated rings. The summed E-state index contributed by atoms with van der Waals surface area (Å²) in [5, 5.41) is 11.7. The van der Waals surface area contributed by atoms with E-state index in [2.05, 4.69) is 5.32 Å². The highest BCUT2D eigenvalue weighted by Gasteiger charge is 2.50. The Morgan fingerprint density at radius 2 is 2.22 bits per heavy atom. The highest BCUT2D eigenvalue weighted by molar-refractivity contribution is 6.19. The molecule has 0 radical (unpaired) electrons. The third kappa shape index (κ3) is 3.73. The number of aliphatic carboxylic acids is 1. The summed E-state index contributed by atoms with van der Waals surface area (Å²) < 4.78 is 0. The van der Waals surface area contributed by atoms with Gasteiger partial charge in [0.2, 0.25) is 0 Å². The molecule has 18 heavy (non-hydrogen) atoms. The fourth-order valence-electron chi connectivity index (χ4n) is 1.74. The summed E-state index contributed by atoms with van der Waals surface area (Å²) in [6.45, 7) is 4.00. The van der Waals surface area contributed by atoms with Crippen molar-refractivity contribution in [1.29, 1.82) is 0 Å². The lowest BCUT2D eigenvalue weighted by molar-refractivity contribution is -0.135. The molecule has 0 aromatic heterocycles. The minimum Gasteiger partial charge on any atom is -0.478 e. The molecule has 2 atom stereocenters. The van der Waals surface area contributed by atoms with Crippen molar-refractivity contribution < 1.29 is 14.7 Å². The smallest absolute Gasteiger partial charge is 0.340 e. The number of carboxylic acids is 1. The Morgan fingerprint density at radius 1 is 1.56 bits per heavy atom. The number of amides is 1. The zero-order valence-electron chi connectivity index (χ0n) is 10.8. The number of unbranched alkanes of at least 4 members (excludes halogenated alkanes) is 2. The van der Waals surface area contributed by atoms with E-state index in [1.54, 1.807) is 0 Å². The summed E-state index contributed by atoms with van der Waals surface area (Å²) in [6.07, 6.45) is 4.78. The molecule has 0 bridgehead atoms. The monoisotopic (exact) mass is 273 g/mol. The standard InChI is InChI=1S/C13H20ClNO3/c1-3-4-5-6-9(12(17)18)11(16)15-10-7-13(10,2)8-14/h6,10H,3-5,7-8H2,1-2H3,(H,15,16)(H,17,18)/b9-6-/t10-,13?/m0/s1. The van der Waals surface area contributed by atoms with E-state index in [4.69, 9.17) is 16.7 Å². The van der Waals surface area contributed by atoms with Gasteiger partial charge in [0.15, 0.2) is 0 Å². The third-order valence-corrected chi connectivity index (χ3v) is 3.95. The quantitative estimate of drug-likeness (QED) is 0.246. The molecule has 0 spiro atoms. The molecular formula is C13H20ClNO3. The van der Waals surface area contributed by atoms with Gasteiger partial charge in [-0.2, -0.15) is 0 Å². The van der Waals surface area contributed by atoms with Crippen LogP contribution in [-0.4, -0.2) is 28.9 Å².